The molecule has 0 amide bonds. The van der Waals surface area contributed by atoms with Gasteiger partial charge in [-0.25, -0.2) is 9.48 Å². The molecule has 8 nitrogen and oxygen atoms in total. The Morgan fingerprint density at radius 2 is 1.79 bits per heavy atom. The fourth-order valence-corrected chi connectivity index (χ4v) is 7.70. The summed E-state index contributed by atoms with van der Waals surface area (Å²) in [6, 6.07) is 12.8. The van der Waals surface area contributed by atoms with Crippen molar-refractivity contribution in [2.45, 2.75) is 49.6 Å². The number of hydrogen-bond donors (Lipinski definition) is 0. The number of aromatic nitrogens is 5. The molecular weight excluding hydrogens is 667 g/mol. The Bertz CT molecular complexity index is 1910. The summed E-state index contributed by atoms with van der Waals surface area (Å²) in [4.78, 5) is 32.7. The number of benzene rings is 2. The summed E-state index contributed by atoms with van der Waals surface area (Å²) in [7, 11) is 2.99. The number of hydrogen-bond acceptors (Lipinski definition) is 7. The summed E-state index contributed by atoms with van der Waals surface area (Å²) < 4.78 is 51.7. The second kappa shape index (κ2) is 12.3. The van der Waals surface area contributed by atoms with E-state index in [4.69, 9.17) is 4.74 Å². The van der Waals surface area contributed by atoms with Crippen LogP contribution in [0.25, 0.3) is 10.2 Å². The monoisotopic (exact) mass is 693 g/mol. The fraction of sp³-hybridized carbons (Fsp3) is 0.310. The van der Waals surface area contributed by atoms with E-state index in [9.17, 15) is 22.8 Å². The Labute approximate surface area is 261 Å². The van der Waals surface area contributed by atoms with E-state index in [1.807, 2.05) is 38.1 Å². The molecule has 0 aliphatic rings. The predicted molar refractivity (Wildman–Crippen MR) is 164 cm³/mol. The van der Waals surface area contributed by atoms with Gasteiger partial charge in [0.15, 0.2) is 5.16 Å². The third kappa shape index (κ3) is 6.46. The van der Waals surface area contributed by atoms with Gasteiger partial charge in [-0.15, -0.1) is 16.4 Å². The van der Waals surface area contributed by atoms with Crippen LogP contribution in [-0.2, 0) is 32.7 Å². The highest BCUT2D eigenvalue weighted by atomic mass is 79.9. The number of halogens is 4. The minimum Gasteiger partial charge on any atom is -0.497 e. The van der Waals surface area contributed by atoms with Crippen LogP contribution in [0.3, 0.4) is 0 Å². The van der Waals surface area contributed by atoms with Gasteiger partial charge in [-0.05, 0) is 62.9 Å². The summed E-state index contributed by atoms with van der Waals surface area (Å²) in [5, 5.41) is 5.16. The second-order valence-corrected chi connectivity index (χ2v) is 13.1. The average molecular weight is 695 g/mol. The van der Waals surface area contributed by atoms with Crippen LogP contribution in [0.15, 0.2) is 72.9 Å². The molecule has 3 aromatic heterocycles. The highest BCUT2D eigenvalue weighted by Crippen LogP contribution is 2.42. The number of methoxy groups -OCH3 is 1. The van der Waals surface area contributed by atoms with Crippen molar-refractivity contribution >= 4 is 49.2 Å². The van der Waals surface area contributed by atoms with Crippen molar-refractivity contribution in [3.8, 4) is 5.75 Å². The molecule has 0 N–H and O–H groups in total. The highest BCUT2D eigenvalue weighted by Gasteiger charge is 2.34. The van der Waals surface area contributed by atoms with Gasteiger partial charge in [0.05, 0.1) is 24.6 Å². The van der Waals surface area contributed by atoms with Crippen LogP contribution in [0.5, 0.6) is 5.75 Å². The number of fused-ring (bicyclic) bond motifs is 1. The van der Waals surface area contributed by atoms with Crippen molar-refractivity contribution in [2.24, 2.45) is 13.0 Å². The summed E-state index contributed by atoms with van der Waals surface area (Å²) in [5.74, 6) is 0.782. The molecule has 0 radical (unpaired) electrons. The van der Waals surface area contributed by atoms with E-state index in [0.29, 0.717) is 43.3 Å². The van der Waals surface area contributed by atoms with Crippen LogP contribution in [-0.4, -0.2) is 31.0 Å². The maximum absolute atomic E-state index is 14.0. The Morgan fingerprint density at radius 3 is 2.44 bits per heavy atom. The lowest BCUT2D eigenvalue weighted by molar-refractivity contribution is -0.138. The standard InChI is InChI=1S/C29H27BrF3N5O3S2/c1-16(2)14-37-25-22(24(39)36(3)28(37)40)23(21(42-25)13-18-7-5-6-8-20(18)29(31,32)33)43-27-34-26(30)35-38(27)15-17-9-11-19(41-4)12-10-17/h5-12,16H,13-15H2,1-4H3. The first-order chi connectivity index (χ1) is 20.4. The molecule has 0 aliphatic carbocycles. The second-order valence-electron chi connectivity index (χ2n) is 10.3. The average Bonchev–Trinajstić information content (AvgIpc) is 3.49. The number of alkyl halides is 3. The molecule has 3 heterocycles. The number of rotatable bonds is 9. The van der Waals surface area contributed by atoms with Crippen molar-refractivity contribution in [1.82, 2.24) is 23.9 Å². The van der Waals surface area contributed by atoms with Crippen molar-refractivity contribution in [2.75, 3.05) is 7.11 Å². The van der Waals surface area contributed by atoms with Gasteiger partial charge in [0.2, 0.25) is 4.73 Å². The largest absolute Gasteiger partial charge is 0.497 e. The van der Waals surface area contributed by atoms with Crippen LogP contribution < -0.4 is 16.0 Å². The first-order valence-corrected chi connectivity index (χ1v) is 15.6. The molecule has 5 rings (SSSR count). The molecule has 0 fully saturated rings. The highest BCUT2D eigenvalue weighted by molar-refractivity contribution is 9.10. The van der Waals surface area contributed by atoms with Gasteiger partial charge >= 0.3 is 11.9 Å². The van der Waals surface area contributed by atoms with Gasteiger partial charge in [-0.1, -0.05) is 44.2 Å². The van der Waals surface area contributed by atoms with Gasteiger partial charge in [0.1, 0.15) is 10.6 Å². The van der Waals surface area contributed by atoms with Gasteiger partial charge in [-0.2, -0.15) is 18.2 Å². The minimum absolute atomic E-state index is 0.0684. The van der Waals surface area contributed by atoms with Crippen molar-refractivity contribution in [3.63, 3.8) is 0 Å². The van der Waals surface area contributed by atoms with Crippen molar-refractivity contribution in [3.05, 3.63) is 95.7 Å². The molecule has 0 atom stereocenters. The van der Waals surface area contributed by atoms with Crippen LogP contribution in [0, 0.1) is 5.92 Å². The molecule has 226 valence electrons. The third-order valence-electron chi connectivity index (χ3n) is 6.71. The lowest BCUT2D eigenvalue weighted by Crippen LogP contribution is -2.38. The van der Waals surface area contributed by atoms with E-state index in [-0.39, 0.29) is 23.3 Å². The Morgan fingerprint density at radius 1 is 1.09 bits per heavy atom. The van der Waals surface area contributed by atoms with Gasteiger partial charge < -0.3 is 4.74 Å². The number of thiophene rings is 1. The first kappa shape index (κ1) is 31.1. The zero-order chi connectivity index (χ0) is 31.1. The Balaban J connectivity index is 1.69. The topological polar surface area (TPSA) is 83.9 Å². The summed E-state index contributed by atoms with van der Waals surface area (Å²) in [5.41, 5.74) is -0.762. The molecule has 0 spiro atoms. The smallest absolute Gasteiger partial charge is 0.416 e. The molecule has 14 heteroatoms. The van der Waals surface area contributed by atoms with Crippen LogP contribution in [0.1, 0.15) is 35.4 Å². The summed E-state index contributed by atoms with van der Waals surface area (Å²) >= 11 is 5.65. The van der Waals surface area contributed by atoms with E-state index < -0.39 is 23.0 Å². The molecule has 5 aromatic rings. The molecular formula is C29H27BrF3N5O3S2. The van der Waals surface area contributed by atoms with Gasteiger partial charge in [0, 0.05) is 29.8 Å². The lowest BCUT2D eigenvalue weighted by Gasteiger charge is -2.13. The molecule has 2 aromatic carbocycles. The maximum Gasteiger partial charge on any atom is 0.416 e. The zero-order valence-corrected chi connectivity index (χ0v) is 26.8. The van der Waals surface area contributed by atoms with E-state index in [1.165, 1.54) is 23.7 Å². The van der Waals surface area contributed by atoms with Crippen LogP contribution in [0.2, 0.25) is 0 Å². The maximum atomic E-state index is 14.0. The third-order valence-corrected chi connectivity index (χ3v) is 9.53. The van der Waals surface area contributed by atoms with Crippen molar-refractivity contribution in [1.29, 1.82) is 0 Å². The molecule has 0 saturated heterocycles. The number of ether oxygens (including phenoxy) is 1. The Kier molecular flexibility index (Phi) is 8.91. The van der Waals surface area contributed by atoms with Crippen molar-refractivity contribution < 1.29 is 17.9 Å². The van der Waals surface area contributed by atoms with E-state index in [2.05, 4.69) is 26.0 Å². The lowest BCUT2D eigenvalue weighted by atomic mass is 10.0. The van der Waals surface area contributed by atoms with Gasteiger partial charge in [-0.3, -0.25) is 13.9 Å². The normalized spacial score (nSPS) is 12.0. The van der Waals surface area contributed by atoms with Gasteiger partial charge in [0.25, 0.3) is 5.56 Å². The molecule has 0 saturated carbocycles. The molecule has 43 heavy (non-hydrogen) atoms. The minimum atomic E-state index is -4.56. The number of nitrogens with zero attached hydrogens (tertiary/aromatic N) is 5. The Hall–Kier alpha value is -3.36. The molecule has 0 aliphatic heterocycles. The summed E-state index contributed by atoms with van der Waals surface area (Å²) in [6.45, 7) is 4.58. The molecule has 0 bridgehead atoms. The first-order valence-electron chi connectivity index (χ1n) is 13.2. The summed E-state index contributed by atoms with van der Waals surface area (Å²) in [6.07, 6.45) is -4.65. The van der Waals surface area contributed by atoms with E-state index in [1.54, 1.807) is 17.9 Å². The van der Waals surface area contributed by atoms with Crippen LogP contribution >= 0.6 is 39.0 Å². The van der Waals surface area contributed by atoms with E-state index >= 15 is 0 Å². The molecule has 0 unspecified atom stereocenters. The van der Waals surface area contributed by atoms with Crippen LogP contribution in [0.4, 0.5) is 13.2 Å². The SMILES string of the molecule is COc1ccc(Cn2nc(Br)nc2Sc2c(Cc3ccccc3C(F)(F)F)sc3c2c(=O)n(C)c(=O)n3CC(C)C)cc1. The van der Waals surface area contributed by atoms with E-state index in [0.717, 1.165) is 39.3 Å². The zero-order valence-electron chi connectivity index (χ0n) is 23.6. The predicted octanol–water partition coefficient (Wildman–Crippen LogP) is 6.59. The quantitative estimate of drug-likeness (QED) is 0.173. The fourth-order valence-electron chi connectivity index (χ4n) is 4.70.